The molecule has 83 valence electrons. The summed E-state index contributed by atoms with van der Waals surface area (Å²) in [6.07, 6.45) is 0.963. The molecule has 0 aromatic heterocycles. The summed E-state index contributed by atoms with van der Waals surface area (Å²) in [6, 6.07) is 21.6. The third-order valence-electron chi connectivity index (χ3n) is 2.94. The van der Waals surface area contributed by atoms with Crippen LogP contribution in [0, 0.1) is 6.07 Å². The van der Waals surface area contributed by atoms with Gasteiger partial charge in [0.05, 0.1) is 6.61 Å². The second-order valence-electron chi connectivity index (χ2n) is 4.05. The van der Waals surface area contributed by atoms with Crippen molar-refractivity contribution in [1.82, 2.24) is 0 Å². The number of rotatable bonds is 2. The zero-order chi connectivity index (χ0) is 11.5. The Kier molecular flexibility index (Phi) is 2.66. The highest BCUT2D eigenvalue weighted by molar-refractivity contribution is 5.89. The summed E-state index contributed by atoms with van der Waals surface area (Å²) >= 11 is 0. The average Bonchev–Trinajstić information content (AvgIpc) is 2.90. The van der Waals surface area contributed by atoms with Gasteiger partial charge in [0, 0.05) is 17.6 Å². The van der Waals surface area contributed by atoms with Gasteiger partial charge in [0.1, 0.15) is 5.76 Å². The van der Waals surface area contributed by atoms with Crippen LogP contribution in [-0.4, -0.2) is 6.61 Å². The van der Waals surface area contributed by atoms with Gasteiger partial charge in [-0.25, -0.2) is 0 Å². The van der Waals surface area contributed by atoms with Crippen LogP contribution in [0.3, 0.4) is 0 Å². The lowest BCUT2D eigenvalue weighted by molar-refractivity contribution is 0.307. The number of benzene rings is 2. The predicted molar refractivity (Wildman–Crippen MR) is 69.1 cm³/mol. The molecule has 0 bridgehead atoms. The fourth-order valence-corrected chi connectivity index (χ4v) is 2.14. The average molecular weight is 221 g/mol. The summed E-state index contributed by atoms with van der Waals surface area (Å²) in [5, 5.41) is 0. The van der Waals surface area contributed by atoms with E-state index in [4.69, 9.17) is 4.74 Å². The Morgan fingerprint density at radius 3 is 2.53 bits per heavy atom. The highest BCUT2D eigenvalue weighted by Crippen LogP contribution is 2.34. The zero-order valence-corrected chi connectivity index (χ0v) is 9.52. The molecule has 1 nitrogen and oxygen atoms in total. The van der Waals surface area contributed by atoms with Crippen molar-refractivity contribution in [2.75, 3.05) is 6.61 Å². The van der Waals surface area contributed by atoms with E-state index >= 15 is 0 Å². The van der Waals surface area contributed by atoms with Crippen molar-refractivity contribution in [2.24, 2.45) is 0 Å². The third-order valence-corrected chi connectivity index (χ3v) is 2.94. The second-order valence-corrected chi connectivity index (χ2v) is 4.05. The first-order valence-corrected chi connectivity index (χ1v) is 5.83. The molecule has 2 aromatic carbocycles. The number of hydrogen-bond acceptors (Lipinski definition) is 1. The third kappa shape index (κ3) is 1.96. The van der Waals surface area contributed by atoms with E-state index in [9.17, 15) is 0 Å². The Hall–Kier alpha value is -2.02. The highest BCUT2D eigenvalue weighted by Gasteiger charge is 2.18. The predicted octanol–water partition coefficient (Wildman–Crippen LogP) is 3.78. The Morgan fingerprint density at radius 2 is 1.76 bits per heavy atom. The van der Waals surface area contributed by atoms with E-state index in [1.807, 2.05) is 36.4 Å². The van der Waals surface area contributed by atoms with E-state index in [-0.39, 0.29) is 0 Å². The number of ether oxygens (including phenoxy) is 1. The van der Waals surface area contributed by atoms with Crippen molar-refractivity contribution in [3.05, 3.63) is 71.8 Å². The van der Waals surface area contributed by atoms with Gasteiger partial charge in [0.25, 0.3) is 0 Å². The first-order valence-electron chi connectivity index (χ1n) is 5.83. The summed E-state index contributed by atoms with van der Waals surface area (Å²) < 4.78 is 5.77. The maximum atomic E-state index is 5.77. The largest absolute Gasteiger partial charge is 0.492 e. The van der Waals surface area contributed by atoms with Gasteiger partial charge in [-0.05, 0) is 11.6 Å². The van der Waals surface area contributed by atoms with Crippen molar-refractivity contribution >= 4 is 11.3 Å². The summed E-state index contributed by atoms with van der Waals surface area (Å²) in [5.41, 5.74) is 3.55. The summed E-state index contributed by atoms with van der Waals surface area (Å²) in [5.74, 6) is 1.01. The summed E-state index contributed by atoms with van der Waals surface area (Å²) in [7, 11) is 0. The Bertz CT molecular complexity index is 476. The molecule has 0 amide bonds. The SMILES string of the molecule is [c]1ccccc1C1=C(c2ccccc2)OCC1. The molecule has 1 radical (unpaired) electrons. The van der Waals surface area contributed by atoms with E-state index in [0.717, 1.165) is 29.9 Å². The van der Waals surface area contributed by atoms with Gasteiger partial charge in [-0.15, -0.1) is 0 Å². The minimum atomic E-state index is 0.766. The Balaban J connectivity index is 2.08. The fraction of sp³-hybridized carbons (Fsp3) is 0.125. The highest BCUT2D eigenvalue weighted by atomic mass is 16.5. The molecule has 0 unspecified atom stereocenters. The standard InChI is InChI=1S/C16H13O/c1-3-7-13(8-4-1)15-11-12-17-16(15)14-9-5-2-6-10-14/h1-7,9-10H,11-12H2. The molecule has 1 heteroatoms. The van der Waals surface area contributed by atoms with E-state index in [0.29, 0.717) is 0 Å². The van der Waals surface area contributed by atoms with Crippen molar-refractivity contribution in [3.8, 4) is 0 Å². The quantitative estimate of drug-likeness (QED) is 0.750. The molecular weight excluding hydrogens is 208 g/mol. The molecular formula is C16H13O. The van der Waals surface area contributed by atoms with Crippen molar-refractivity contribution in [2.45, 2.75) is 6.42 Å². The lowest BCUT2D eigenvalue weighted by Crippen LogP contribution is -1.87. The smallest absolute Gasteiger partial charge is 0.130 e. The van der Waals surface area contributed by atoms with Crippen LogP contribution in [0.2, 0.25) is 0 Å². The molecule has 1 heterocycles. The van der Waals surface area contributed by atoms with Crippen molar-refractivity contribution in [3.63, 3.8) is 0 Å². The van der Waals surface area contributed by atoms with Gasteiger partial charge < -0.3 is 4.74 Å². The van der Waals surface area contributed by atoms with Crippen LogP contribution in [0.1, 0.15) is 17.5 Å². The fourth-order valence-electron chi connectivity index (χ4n) is 2.14. The van der Waals surface area contributed by atoms with E-state index in [1.165, 1.54) is 5.57 Å². The molecule has 0 aliphatic carbocycles. The molecule has 1 aliphatic rings. The van der Waals surface area contributed by atoms with Gasteiger partial charge >= 0.3 is 0 Å². The lowest BCUT2D eigenvalue weighted by atomic mass is 10.0. The van der Waals surface area contributed by atoms with Gasteiger partial charge in [-0.3, -0.25) is 0 Å². The van der Waals surface area contributed by atoms with Crippen LogP contribution in [0.15, 0.2) is 54.6 Å². The zero-order valence-electron chi connectivity index (χ0n) is 9.52. The molecule has 0 saturated carbocycles. The van der Waals surface area contributed by atoms with E-state index in [1.54, 1.807) is 0 Å². The van der Waals surface area contributed by atoms with Crippen LogP contribution >= 0.6 is 0 Å². The maximum Gasteiger partial charge on any atom is 0.130 e. The monoisotopic (exact) mass is 221 g/mol. The number of hydrogen-bond donors (Lipinski definition) is 0. The Labute approximate surface area is 101 Å². The molecule has 3 rings (SSSR count). The van der Waals surface area contributed by atoms with Crippen LogP contribution in [0.4, 0.5) is 0 Å². The summed E-state index contributed by atoms with van der Waals surface area (Å²) in [4.78, 5) is 0. The Morgan fingerprint density at radius 1 is 0.941 bits per heavy atom. The molecule has 0 fully saturated rings. The molecule has 0 saturated heterocycles. The van der Waals surface area contributed by atoms with Gasteiger partial charge in [-0.1, -0.05) is 54.6 Å². The molecule has 0 atom stereocenters. The van der Waals surface area contributed by atoms with Gasteiger partial charge in [-0.2, -0.15) is 0 Å². The molecule has 2 aromatic rings. The summed E-state index contributed by atoms with van der Waals surface area (Å²) in [6.45, 7) is 0.766. The first-order chi connectivity index (χ1) is 8.45. The second kappa shape index (κ2) is 4.46. The molecule has 0 spiro atoms. The molecule has 17 heavy (non-hydrogen) atoms. The topological polar surface area (TPSA) is 9.23 Å². The van der Waals surface area contributed by atoms with E-state index in [2.05, 4.69) is 24.3 Å². The molecule has 1 aliphatic heterocycles. The first kappa shape index (κ1) is 10.2. The van der Waals surface area contributed by atoms with Crippen LogP contribution in [0.25, 0.3) is 11.3 Å². The maximum absolute atomic E-state index is 5.77. The van der Waals surface area contributed by atoms with Crippen LogP contribution in [-0.2, 0) is 4.74 Å². The van der Waals surface area contributed by atoms with Crippen LogP contribution < -0.4 is 0 Å². The van der Waals surface area contributed by atoms with Crippen molar-refractivity contribution < 1.29 is 4.74 Å². The minimum Gasteiger partial charge on any atom is -0.492 e. The van der Waals surface area contributed by atoms with Gasteiger partial charge in [0.15, 0.2) is 0 Å². The lowest BCUT2D eigenvalue weighted by Gasteiger charge is -2.06. The normalized spacial score (nSPS) is 14.8. The minimum absolute atomic E-state index is 0.766. The van der Waals surface area contributed by atoms with E-state index < -0.39 is 0 Å². The van der Waals surface area contributed by atoms with Crippen molar-refractivity contribution in [1.29, 1.82) is 0 Å². The molecule has 0 N–H and O–H groups in total. The van der Waals surface area contributed by atoms with Crippen LogP contribution in [0.5, 0.6) is 0 Å². The van der Waals surface area contributed by atoms with Gasteiger partial charge in [0.2, 0.25) is 0 Å².